The highest BCUT2D eigenvalue weighted by molar-refractivity contribution is 8.00. The number of carbonyl (C=O) groups is 3. The van der Waals surface area contributed by atoms with E-state index in [2.05, 4.69) is 5.32 Å². The number of nitrogens with one attached hydrogen (secondary N) is 2. The number of carbonyl (C=O) groups excluding carboxylic acids is 3. The van der Waals surface area contributed by atoms with Gasteiger partial charge in [0, 0.05) is 11.4 Å². The van der Waals surface area contributed by atoms with Crippen LogP contribution in [0.25, 0.3) is 0 Å². The first kappa shape index (κ1) is 20.4. The van der Waals surface area contributed by atoms with E-state index < -0.39 is 24.3 Å². The summed E-state index contributed by atoms with van der Waals surface area (Å²) in [5.74, 6) is -2.75. The first-order valence-electron chi connectivity index (χ1n) is 7.40. The van der Waals surface area contributed by atoms with E-state index >= 15 is 0 Å². The first-order valence-corrected chi connectivity index (χ1v) is 8.56. The molecule has 0 heterocycles. The van der Waals surface area contributed by atoms with Crippen LogP contribution >= 0.6 is 11.8 Å². The topological polar surface area (TPSA) is 120 Å². The Bertz CT molecular complexity index is 695. The summed E-state index contributed by atoms with van der Waals surface area (Å²) >= 11 is 1.06. The lowest BCUT2D eigenvalue weighted by Gasteiger charge is -2.08. The number of nitriles is 1. The molecule has 8 heteroatoms. The number of hydrogen-bond acceptors (Lipinski definition) is 7. The third-order valence-corrected chi connectivity index (χ3v) is 3.95. The van der Waals surface area contributed by atoms with Gasteiger partial charge in [-0.1, -0.05) is 17.7 Å². The Morgan fingerprint density at radius 2 is 1.92 bits per heavy atom. The molecule has 0 saturated heterocycles. The van der Waals surface area contributed by atoms with Crippen molar-refractivity contribution in [1.82, 2.24) is 0 Å². The maximum Gasteiger partial charge on any atom is 0.316 e. The second-order valence-corrected chi connectivity index (χ2v) is 6.26. The molecule has 0 unspecified atom stereocenters. The Morgan fingerprint density at radius 3 is 2.48 bits per heavy atom. The molecule has 25 heavy (non-hydrogen) atoms. The van der Waals surface area contributed by atoms with E-state index in [9.17, 15) is 14.4 Å². The first-order chi connectivity index (χ1) is 11.8. The number of rotatable bonds is 9. The fourth-order valence-electron chi connectivity index (χ4n) is 1.75. The number of amides is 1. The maximum atomic E-state index is 11.8. The van der Waals surface area contributed by atoms with E-state index in [4.69, 9.17) is 15.4 Å². The third kappa shape index (κ3) is 7.63. The van der Waals surface area contributed by atoms with Crippen molar-refractivity contribution in [3.05, 3.63) is 29.8 Å². The molecule has 0 radical (unpaired) electrons. The summed E-state index contributed by atoms with van der Waals surface area (Å²) in [7, 11) is 0. The molecule has 1 aromatic rings. The van der Waals surface area contributed by atoms with Gasteiger partial charge in [0.2, 0.25) is 5.91 Å². The summed E-state index contributed by atoms with van der Waals surface area (Å²) in [4.78, 5) is 34.9. The van der Waals surface area contributed by atoms with Crippen LogP contribution < -0.4 is 5.32 Å². The normalized spacial score (nSPS) is 11.1. The van der Waals surface area contributed by atoms with Crippen LogP contribution in [-0.4, -0.2) is 41.5 Å². The molecule has 1 rings (SSSR count). The van der Waals surface area contributed by atoms with Gasteiger partial charge in [-0.3, -0.25) is 14.4 Å². The number of anilines is 1. The van der Waals surface area contributed by atoms with Gasteiger partial charge in [-0.05, 0) is 26.0 Å². The maximum absolute atomic E-state index is 11.8. The van der Waals surface area contributed by atoms with Gasteiger partial charge in [-0.15, -0.1) is 11.8 Å². The monoisotopic (exact) mass is 361 g/mol. The van der Waals surface area contributed by atoms with Crippen LogP contribution in [-0.2, 0) is 19.1 Å². The minimum Gasteiger partial charge on any atom is -0.457 e. The van der Waals surface area contributed by atoms with Crippen molar-refractivity contribution < 1.29 is 19.1 Å². The average molecular weight is 361 g/mol. The molecule has 1 atom stereocenters. The van der Waals surface area contributed by atoms with Crippen LogP contribution in [0, 0.1) is 29.6 Å². The average Bonchev–Trinajstić information content (AvgIpc) is 2.55. The highest BCUT2D eigenvalue weighted by atomic mass is 32.2. The standard InChI is InChI=1S/C17H19N3O4S/c1-11-3-5-13(6-4-11)20-16(22)9-25-10-17(23)24-8-15(21)14(7-18)12(2)19/h3-6,14,19H,8-10H2,1-2H3,(H,20,22)/t14-/m1/s1. The molecule has 0 fully saturated rings. The zero-order valence-corrected chi connectivity index (χ0v) is 14.8. The zero-order valence-electron chi connectivity index (χ0n) is 14.0. The molecule has 132 valence electrons. The quantitative estimate of drug-likeness (QED) is 0.512. The Hall–Kier alpha value is -2.66. The number of ether oxygens (including phenoxy) is 1. The molecule has 1 aromatic carbocycles. The van der Waals surface area contributed by atoms with Crippen molar-refractivity contribution in [3.8, 4) is 6.07 Å². The Labute approximate surface area is 150 Å². The van der Waals surface area contributed by atoms with Crippen LogP contribution in [0.4, 0.5) is 5.69 Å². The smallest absolute Gasteiger partial charge is 0.316 e. The van der Waals surface area contributed by atoms with Gasteiger partial charge >= 0.3 is 5.97 Å². The molecular formula is C17H19N3O4S. The molecule has 7 nitrogen and oxygen atoms in total. The van der Waals surface area contributed by atoms with Gasteiger partial charge in [0.05, 0.1) is 17.6 Å². The number of ketones is 1. The van der Waals surface area contributed by atoms with E-state index in [0.29, 0.717) is 5.69 Å². The largest absolute Gasteiger partial charge is 0.457 e. The van der Waals surface area contributed by atoms with Crippen LogP contribution in [0.5, 0.6) is 0 Å². The highest BCUT2D eigenvalue weighted by Gasteiger charge is 2.21. The summed E-state index contributed by atoms with van der Waals surface area (Å²) in [6, 6.07) is 9.01. The molecule has 0 aliphatic rings. The summed E-state index contributed by atoms with van der Waals surface area (Å²) in [5, 5.41) is 18.8. The molecule has 0 spiro atoms. The van der Waals surface area contributed by atoms with Crippen LogP contribution in [0.1, 0.15) is 12.5 Å². The van der Waals surface area contributed by atoms with E-state index in [-0.39, 0.29) is 23.1 Å². The van der Waals surface area contributed by atoms with Crippen LogP contribution in [0.2, 0.25) is 0 Å². The molecule has 0 bridgehead atoms. The number of nitrogens with zero attached hydrogens (tertiary/aromatic N) is 1. The Balaban J connectivity index is 2.27. The lowest BCUT2D eigenvalue weighted by molar-refractivity contribution is -0.145. The Kier molecular flexibility index (Phi) is 8.36. The molecular weight excluding hydrogens is 342 g/mol. The van der Waals surface area contributed by atoms with Gasteiger partial charge in [-0.2, -0.15) is 5.26 Å². The predicted molar refractivity (Wildman–Crippen MR) is 95.6 cm³/mol. The third-order valence-electron chi connectivity index (χ3n) is 3.05. The number of aryl methyl sites for hydroxylation is 1. The summed E-state index contributed by atoms with van der Waals surface area (Å²) in [6.45, 7) is 2.74. The van der Waals surface area contributed by atoms with Gasteiger partial charge in [0.15, 0.2) is 12.4 Å². The number of esters is 1. The molecule has 2 N–H and O–H groups in total. The van der Waals surface area contributed by atoms with Gasteiger partial charge in [0.25, 0.3) is 0 Å². The van der Waals surface area contributed by atoms with Crippen molar-refractivity contribution >= 4 is 40.8 Å². The van der Waals surface area contributed by atoms with Gasteiger partial charge < -0.3 is 15.5 Å². The van der Waals surface area contributed by atoms with Crippen molar-refractivity contribution in [3.63, 3.8) is 0 Å². The lowest BCUT2D eigenvalue weighted by Crippen LogP contribution is -2.26. The summed E-state index contributed by atoms with van der Waals surface area (Å²) in [5.41, 5.74) is 1.67. The second-order valence-electron chi connectivity index (χ2n) is 5.28. The van der Waals surface area contributed by atoms with E-state index in [0.717, 1.165) is 17.3 Å². The lowest BCUT2D eigenvalue weighted by atomic mass is 10.0. The van der Waals surface area contributed by atoms with E-state index in [1.54, 1.807) is 18.2 Å². The van der Waals surface area contributed by atoms with Crippen molar-refractivity contribution in [1.29, 1.82) is 10.7 Å². The highest BCUT2D eigenvalue weighted by Crippen LogP contribution is 2.10. The zero-order chi connectivity index (χ0) is 18.8. The minimum atomic E-state index is -1.19. The number of hydrogen-bond donors (Lipinski definition) is 2. The second kappa shape index (κ2) is 10.3. The molecule has 0 aliphatic heterocycles. The fourth-order valence-corrected chi connectivity index (χ4v) is 2.36. The fraction of sp³-hybridized carbons (Fsp3) is 0.353. The molecule has 0 saturated carbocycles. The summed E-state index contributed by atoms with van der Waals surface area (Å²) < 4.78 is 4.76. The van der Waals surface area contributed by atoms with E-state index in [1.165, 1.54) is 6.92 Å². The van der Waals surface area contributed by atoms with Gasteiger partial charge in [-0.25, -0.2) is 0 Å². The SMILES string of the molecule is CC(=N)[C@@H](C#N)C(=O)COC(=O)CSCC(=O)Nc1ccc(C)cc1. The number of Topliss-reactive ketones (excluding diaryl/α,β-unsaturated/α-hetero) is 1. The van der Waals surface area contributed by atoms with Gasteiger partial charge in [0.1, 0.15) is 5.92 Å². The van der Waals surface area contributed by atoms with Crippen molar-refractivity contribution in [2.45, 2.75) is 13.8 Å². The van der Waals surface area contributed by atoms with Crippen LogP contribution in [0.3, 0.4) is 0 Å². The molecule has 0 aliphatic carbocycles. The molecule has 1 amide bonds. The van der Waals surface area contributed by atoms with Crippen LogP contribution in [0.15, 0.2) is 24.3 Å². The Morgan fingerprint density at radius 1 is 1.28 bits per heavy atom. The summed E-state index contributed by atoms with van der Waals surface area (Å²) in [6.07, 6.45) is 0. The predicted octanol–water partition coefficient (Wildman–Crippen LogP) is 1.96. The van der Waals surface area contributed by atoms with Crippen molar-refractivity contribution in [2.24, 2.45) is 5.92 Å². The number of benzene rings is 1. The minimum absolute atomic E-state index is 0.0668. The van der Waals surface area contributed by atoms with Crippen molar-refractivity contribution in [2.75, 3.05) is 23.4 Å². The van der Waals surface area contributed by atoms with E-state index in [1.807, 2.05) is 19.1 Å². The number of thioether (sulfide) groups is 1. The molecule has 0 aromatic heterocycles.